The number of nitrogen functional groups attached to an aromatic ring is 1. The van der Waals surface area contributed by atoms with Crippen LogP contribution in [0.3, 0.4) is 0 Å². The maximum Gasteiger partial charge on any atom is 0.257 e. The molecule has 0 aliphatic heterocycles. The van der Waals surface area contributed by atoms with E-state index >= 15 is 0 Å². The summed E-state index contributed by atoms with van der Waals surface area (Å²) in [4.78, 5) is 15.5. The van der Waals surface area contributed by atoms with Crippen molar-refractivity contribution in [1.82, 2.24) is 4.98 Å². The first-order chi connectivity index (χ1) is 7.66. The van der Waals surface area contributed by atoms with E-state index in [4.69, 9.17) is 5.73 Å². The highest BCUT2D eigenvalue weighted by Crippen LogP contribution is 2.15. The van der Waals surface area contributed by atoms with Crippen LogP contribution < -0.4 is 11.1 Å². The molecule has 0 spiro atoms. The Bertz CT molecular complexity index is 513. The summed E-state index contributed by atoms with van der Waals surface area (Å²) < 4.78 is 13.1. The maximum absolute atomic E-state index is 13.1. The Kier molecular flexibility index (Phi) is 2.82. The lowest BCUT2D eigenvalue weighted by molar-refractivity contribution is 0.102. The van der Waals surface area contributed by atoms with E-state index < -0.39 is 11.7 Å². The second kappa shape index (κ2) is 4.28. The molecule has 0 atom stereocenters. The van der Waals surface area contributed by atoms with Crippen molar-refractivity contribution >= 4 is 28.1 Å². The molecule has 0 saturated heterocycles. The molecule has 0 radical (unpaired) electrons. The van der Waals surface area contributed by atoms with Crippen LogP contribution in [0.4, 0.5) is 15.2 Å². The van der Waals surface area contributed by atoms with E-state index in [0.29, 0.717) is 5.13 Å². The molecular formula is C10H8FN3OS. The van der Waals surface area contributed by atoms with Gasteiger partial charge in [0.2, 0.25) is 0 Å². The first-order valence-corrected chi connectivity index (χ1v) is 5.30. The molecule has 0 aliphatic carbocycles. The number of anilines is 2. The minimum absolute atomic E-state index is 0.0193. The Morgan fingerprint density at radius 1 is 1.50 bits per heavy atom. The molecule has 16 heavy (non-hydrogen) atoms. The molecule has 0 saturated carbocycles. The third kappa shape index (κ3) is 2.17. The molecule has 0 unspecified atom stereocenters. The molecule has 6 heteroatoms. The van der Waals surface area contributed by atoms with Crippen LogP contribution >= 0.6 is 11.3 Å². The quantitative estimate of drug-likeness (QED) is 0.786. The third-order valence-electron chi connectivity index (χ3n) is 1.92. The van der Waals surface area contributed by atoms with Gasteiger partial charge in [-0.15, -0.1) is 11.3 Å². The van der Waals surface area contributed by atoms with E-state index in [1.54, 1.807) is 11.6 Å². The number of amides is 1. The molecule has 2 aromatic rings. The zero-order valence-corrected chi connectivity index (χ0v) is 8.92. The van der Waals surface area contributed by atoms with Crippen molar-refractivity contribution in [2.24, 2.45) is 0 Å². The molecule has 3 N–H and O–H groups in total. The predicted octanol–water partition coefficient (Wildman–Crippen LogP) is 2.12. The molecular weight excluding hydrogens is 229 g/mol. The number of nitrogens with two attached hydrogens (primary N) is 1. The number of nitrogens with zero attached hydrogens (tertiary/aromatic N) is 1. The molecule has 1 heterocycles. The van der Waals surface area contributed by atoms with Crippen LogP contribution in [0, 0.1) is 5.82 Å². The lowest BCUT2D eigenvalue weighted by Gasteiger charge is -2.02. The predicted molar refractivity (Wildman–Crippen MR) is 60.9 cm³/mol. The van der Waals surface area contributed by atoms with E-state index in [1.807, 2.05) is 0 Å². The molecule has 4 nitrogen and oxygen atoms in total. The number of aromatic nitrogens is 1. The summed E-state index contributed by atoms with van der Waals surface area (Å²) in [6.07, 6.45) is 1.57. The van der Waals surface area contributed by atoms with E-state index in [1.165, 1.54) is 23.5 Å². The largest absolute Gasteiger partial charge is 0.396 e. The van der Waals surface area contributed by atoms with Crippen molar-refractivity contribution in [2.45, 2.75) is 0 Å². The number of halogens is 1. The van der Waals surface area contributed by atoms with Crippen LogP contribution in [0.5, 0.6) is 0 Å². The van der Waals surface area contributed by atoms with Crippen molar-refractivity contribution in [3.8, 4) is 0 Å². The smallest absolute Gasteiger partial charge is 0.257 e. The Morgan fingerprint density at radius 2 is 2.31 bits per heavy atom. The topological polar surface area (TPSA) is 68.0 Å². The number of carbonyl (C=O) groups is 1. The summed E-state index contributed by atoms with van der Waals surface area (Å²) in [6.45, 7) is 0. The van der Waals surface area contributed by atoms with Crippen LogP contribution in [-0.4, -0.2) is 10.9 Å². The van der Waals surface area contributed by atoms with Gasteiger partial charge in [0.25, 0.3) is 5.91 Å². The van der Waals surface area contributed by atoms with Gasteiger partial charge in [0.15, 0.2) is 5.13 Å². The van der Waals surface area contributed by atoms with Crippen LogP contribution in [0.1, 0.15) is 10.4 Å². The fraction of sp³-hybridized carbons (Fsp3) is 0. The normalized spacial score (nSPS) is 10.1. The summed E-state index contributed by atoms with van der Waals surface area (Å²) in [5, 5.41) is 4.76. The minimum atomic E-state index is -0.605. The lowest BCUT2D eigenvalue weighted by Crippen LogP contribution is -2.12. The summed E-state index contributed by atoms with van der Waals surface area (Å²) in [5.41, 5.74) is 5.54. The second-order valence-electron chi connectivity index (χ2n) is 3.03. The molecule has 0 fully saturated rings. The van der Waals surface area contributed by atoms with Crippen molar-refractivity contribution in [3.63, 3.8) is 0 Å². The standard InChI is InChI=1S/C10H8FN3OS/c11-7-5-6(1-2-8(7)12)9(15)14-10-13-3-4-16-10/h1-5H,12H2,(H,13,14,15). The monoisotopic (exact) mass is 237 g/mol. The van der Waals surface area contributed by atoms with Gasteiger partial charge in [0.1, 0.15) is 5.82 Å². The van der Waals surface area contributed by atoms with E-state index in [0.717, 1.165) is 6.07 Å². The van der Waals surface area contributed by atoms with Crippen LogP contribution in [0.2, 0.25) is 0 Å². The number of hydrogen-bond acceptors (Lipinski definition) is 4. The van der Waals surface area contributed by atoms with Gasteiger partial charge < -0.3 is 5.73 Å². The zero-order chi connectivity index (χ0) is 11.5. The van der Waals surface area contributed by atoms with E-state index in [9.17, 15) is 9.18 Å². The lowest BCUT2D eigenvalue weighted by atomic mass is 10.2. The van der Waals surface area contributed by atoms with Crippen LogP contribution in [0.15, 0.2) is 29.8 Å². The highest BCUT2D eigenvalue weighted by molar-refractivity contribution is 7.13. The summed E-state index contributed by atoms with van der Waals surface area (Å²) in [6, 6.07) is 3.91. The molecule has 2 rings (SSSR count). The first-order valence-electron chi connectivity index (χ1n) is 4.42. The zero-order valence-electron chi connectivity index (χ0n) is 8.11. The van der Waals surface area contributed by atoms with Gasteiger partial charge in [-0.25, -0.2) is 9.37 Å². The van der Waals surface area contributed by atoms with E-state index in [-0.39, 0.29) is 11.3 Å². The van der Waals surface area contributed by atoms with Gasteiger partial charge in [0.05, 0.1) is 5.69 Å². The van der Waals surface area contributed by atoms with Gasteiger partial charge >= 0.3 is 0 Å². The molecule has 0 bridgehead atoms. The summed E-state index contributed by atoms with van der Waals surface area (Å²) >= 11 is 1.29. The second-order valence-corrected chi connectivity index (χ2v) is 3.92. The Balaban J connectivity index is 2.18. The number of thiazole rings is 1. The van der Waals surface area contributed by atoms with Crippen molar-refractivity contribution in [2.75, 3.05) is 11.1 Å². The molecule has 82 valence electrons. The SMILES string of the molecule is Nc1ccc(C(=O)Nc2nccs2)cc1F. The van der Waals surface area contributed by atoms with Gasteiger partial charge in [-0.3, -0.25) is 10.1 Å². The number of benzene rings is 1. The Hall–Kier alpha value is -1.95. The number of rotatable bonds is 2. The number of nitrogens with one attached hydrogen (secondary N) is 1. The highest BCUT2D eigenvalue weighted by Gasteiger charge is 2.09. The van der Waals surface area contributed by atoms with Crippen molar-refractivity contribution in [1.29, 1.82) is 0 Å². The fourth-order valence-electron chi connectivity index (χ4n) is 1.12. The van der Waals surface area contributed by atoms with Gasteiger partial charge in [-0.05, 0) is 18.2 Å². The fourth-order valence-corrected chi connectivity index (χ4v) is 1.65. The van der Waals surface area contributed by atoms with Crippen LogP contribution in [-0.2, 0) is 0 Å². The first kappa shape index (κ1) is 10.6. The Morgan fingerprint density at radius 3 is 2.94 bits per heavy atom. The molecule has 1 aromatic heterocycles. The van der Waals surface area contributed by atoms with Crippen molar-refractivity contribution < 1.29 is 9.18 Å². The third-order valence-corrected chi connectivity index (χ3v) is 2.60. The Labute approximate surface area is 94.9 Å². The van der Waals surface area contributed by atoms with Gasteiger partial charge in [-0.2, -0.15) is 0 Å². The van der Waals surface area contributed by atoms with Gasteiger partial charge in [0, 0.05) is 17.1 Å². The summed E-state index contributed by atoms with van der Waals surface area (Å²) in [5.74, 6) is -1.01. The highest BCUT2D eigenvalue weighted by atomic mass is 32.1. The average molecular weight is 237 g/mol. The average Bonchev–Trinajstić information content (AvgIpc) is 2.74. The molecule has 1 amide bonds. The summed E-state index contributed by atoms with van der Waals surface area (Å²) in [7, 11) is 0. The minimum Gasteiger partial charge on any atom is -0.396 e. The number of carbonyl (C=O) groups excluding carboxylic acids is 1. The molecule has 0 aliphatic rings. The maximum atomic E-state index is 13.1. The molecule has 1 aromatic carbocycles. The van der Waals surface area contributed by atoms with Gasteiger partial charge in [-0.1, -0.05) is 0 Å². The van der Waals surface area contributed by atoms with Crippen LogP contribution in [0.25, 0.3) is 0 Å². The number of hydrogen-bond donors (Lipinski definition) is 2. The van der Waals surface area contributed by atoms with Crippen molar-refractivity contribution in [3.05, 3.63) is 41.2 Å². The van der Waals surface area contributed by atoms with E-state index in [2.05, 4.69) is 10.3 Å².